The highest BCUT2D eigenvalue weighted by atomic mass is 16.7. The van der Waals surface area contributed by atoms with Gasteiger partial charge in [-0.25, -0.2) is 0 Å². The molecule has 2 aliphatic rings. The Morgan fingerprint density at radius 3 is 2.65 bits per heavy atom. The third-order valence-electron chi connectivity index (χ3n) is 4.58. The van der Waals surface area contributed by atoms with E-state index in [1.54, 1.807) is 24.3 Å². The smallest absolute Gasteiger partial charge is 0.270 e. The molecule has 2 aromatic rings. The van der Waals surface area contributed by atoms with Crippen molar-refractivity contribution in [3.63, 3.8) is 0 Å². The molecule has 2 N–H and O–H groups in total. The van der Waals surface area contributed by atoms with Crippen LogP contribution in [0.3, 0.4) is 0 Å². The predicted octanol–water partition coefficient (Wildman–Crippen LogP) is 2.74. The van der Waals surface area contributed by atoms with Gasteiger partial charge in [0, 0.05) is 29.6 Å². The quantitative estimate of drug-likeness (QED) is 0.882. The van der Waals surface area contributed by atoms with Gasteiger partial charge in [0.1, 0.15) is 5.69 Å². The van der Waals surface area contributed by atoms with Gasteiger partial charge in [0.05, 0.1) is 0 Å². The Morgan fingerprint density at radius 1 is 1.00 bits per heavy atom. The fourth-order valence-corrected chi connectivity index (χ4v) is 3.20. The maximum atomic E-state index is 12.5. The summed E-state index contributed by atoms with van der Waals surface area (Å²) in [6.07, 6.45) is 5.73. The Labute approximate surface area is 150 Å². The number of fused-ring (bicyclic) bond motifs is 1. The number of carbonyl (C=O) groups excluding carboxylic acids is 2. The van der Waals surface area contributed by atoms with E-state index < -0.39 is 0 Å². The van der Waals surface area contributed by atoms with E-state index in [-0.39, 0.29) is 30.3 Å². The van der Waals surface area contributed by atoms with Crippen molar-refractivity contribution in [1.29, 1.82) is 0 Å². The summed E-state index contributed by atoms with van der Waals surface area (Å²) in [5, 5.41) is 5.77. The monoisotopic (exact) mass is 353 g/mol. The van der Waals surface area contributed by atoms with E-state index in [0.717, 1.165) is 25.7 Å². The molecule has 1 aromatic carbocycles. The van der Waals surface area contributed by atoms with E-state index in [1.165, 1.54) is 12.3 Å². The Hall–Kier alpha value is -3.09. The zero-order valence-corrected chi connectivity index (χ0v) is 14.2. The number of hydrogen-bond acceptors (Lipinski definition) is 5. The van der Waals surface area contributed by atoms with Crippen LogP contribution in [0.15, 0.2) is 36.5 Å². The Bertz CT molecular complexity index is 846. The number of carbonyl (C=O) groups is 2. The first-order valence-corrected chi connectivity index (χ1v) is 8.67. The molecule has 0 bridgehead atoms. The molecule has 0 radical (unpaired) electrons. The first-order valence-electron chi connectivity index (χ1n) is 8.67. The second-order valence-corrected chi connectivity index (χ2v) is 6.41. The van der Waals surface area contributed by atoms with Crippen LogP contribution in [0.25, 0.3) is 0 Å². The van der Waals surface area contributed by atoms with E-state index in [1.807, 2.05) is 0 Å². The summed E-state index contributed by atoms with van der Waals surface area (Å²) >= 11 is 0. The first-order chi connectivity index (χ1) is 12.7. The molecular weight excluding hydrogens is 334 g/mol. The van der Waals surface area contributed by atoms with Gasteiger partial charge < -0.3 is 20.1 Å². The van der Waals surface area contributed by atoms with E-state index in [2.05, 4.69) is 15.6 Å². The highest BCUT2D eigenvalue weighted by Crippen LogP contribution is 2.34. The normalized spacial score (nSPS) is 15.7. The lowest BCUT2D eigenvalue weighted by Crippen LogP contribution is -2.33. The molecule has 1 fully saturated rings. The summed E-state index contributed by atoms with van der Waals surface area (Å²) < 4.78 is 10.6. The van der Waals surface area contributed by atoms with Crippen molar-refractivity contribution in [2.75, 3.05) is 12.1 Å². The maximum absolute atomic E-state index is 12.5. The molecule has 7 nitrogen and oxygen atoms in total. The fourth-order valence-electron chi connectivity index (χ4n) is 3.20. The molecule has 26 heavy (non-hydrogen) atoms. The summed E-state index contributed by atoms with van der Waals surface area (Å²) in [5.74, 6) is 0.683. The van der Waals surface area contributed by atoms with Crippen molar-refractivity contribution in [2.24, 2.45) is 0 Å². The zero-order chi connectivity index (χ0) is 17.9. The van der Waals surface area contributed by atoms with Gasteiger partial charge in [-0.1, -0.05) is 12.8 Å². The van der Waals surface area contributed by atoms with Gasteiger partial charge in [0.25, 0.3) is 11.8 Å². The van der Waals surface area contributed by atoms with Gasteiger partial charge in [-0.15, -0.1) is 0 Å². The Balaban J connectivity index is 1.45. The minimum absolute atomic E-state index is 0.177. The van der Waals surface area contributed by atoms with Gasteiger partial charge in [0.2, 0.25) is 6.79 Å². The number of pyridine rings is 1. The Kier molecular flexibility index (Phi) is 4.43. The van der Waals surface area contributed by atoms with Crippen molar-refractivity contribution < 1.29 is 19.1 Å². The fraction of sp³-hybridized carbons (Fsp3) is 0.316. The molecule has 0 spiro atoms. The average Bonchev–Trinajstić information content (AvgIpc) is 3.33. The summed E-state index contributed by atoms with van der Waals surface area (Å²) in [5.41, 5.74) is 1.21. The molecule has 4 rings (SSSR count). The molecule has 0 atom stereocenters. The molecule has 134 valence electrons. The maximum Gasteiger partial charge on any atom is 0.270 e. The number of ether oxygens (including phenoxy) is 2. The van der Waals surface area contributed by atoms with E-state index in [0.29, 0.717) is 22.7 Å². The third kappa shape index (κ3) is 3.46. The van der Waals surface area contributed by atoms with Crippen LogP contribution in [0.2, 0.25) is 0 Å². The number of hydrogen-bond donors (Lipinski definition) is 2. The first kappa shape index (κ1) is 16.4. The lowest BCUT2D eigenvalue weighted by molar-refractivity contribution is 0.0933. The van der Waals surface area contributed by atoms with E-state index in [9.17, 15) is 9.59 Å². The number of rotatable bonds is 4. The second-order valence-electron chi connectivity index (χ2n) is 6.41. The van der Waals surface area contributed by atoms with Crippen LogP contribution in [-0.2, 0) is 0 Å². The van der Waals surface area contributed by atoms with Crippen LogP contribution in [0.4, 0.5) is 5.69 Å². The van der Waals surface area contributed by atoms with Gasteiger partial charge in [-0.2, -0.15) is 0 Å². The second kappa shape index (κ2) is 7.03. The van der Waals surface area contributed by atoms with E-state index >= 15 is 0 Å². The molecule has 7 heteroatoms. The molecular formula is C19H19N3O4. The molecule has 2 heterocycles. The minimum atomic E-state index is -0.318. The van der Waals surface area contributed by atoms with Crippen molar-refractivity contribution in [2.45, 2.75) is 31.7 Å². The summed E-state index contributed by atoms with van der Waals surface area (Å²) in [6.45, 7) is 0.177. The van der Waals surface area contributed by atoms with Crippen LogP contribution in [0, 0.1) is 0 Å². The molecule has 1 saturated carbocycles. The highest BCUT2D eigenvalue weighted by molar-refractivity contribution is 6.05. The third-order valence-corrected chi connectivity index (χ3v) is 4.58. The standard InChI is InChI=1S/C19H19N3O4/c23-18(22-14-5-6-16-17(10-14)26-11-25-16)12-7-8-20-15(9-12)19(24)21-13-3-1-2-4-13/h5-10,13H,1-4,11H2,(H,21,24)(H,22,23). The molecule has 1 aliphatic heterocycles. The number of benzene rings is 1. The molecule has 0 saturated heterocycles. The van der Waals surface area contributed by atoms with Crippen molar-refractivity contribution in [1.82, 2.24) is 10.3 Å². The van der Waals surface area contributed by atoms with Crippen LogP contribution in [0.1, 0.15) is 46.5 Å². The molecule has 2 amide bonds. The van der Waals surface area contributed by atoms with Crippen LogP contribution < -0.4 is 20.1 Å². The SMILES string of the molecule is O=C(Nc1ccc2c(c1)OCO2)c1ccnc(C(=O)NC2CCCC2)c1. The summed E-state index contributed by atoms with van der Waals surface area (Å²) in [4.78, 5) is 28.9. The molecule has 0 unspecified atom stereocenters. The zero-order valence-electron chi connectivity index (χ0n) is 14.2. The number of nitrogens with zero attached hydrogens (tertiary/aromatic N) is 1. The molecule has 1 aliphatic carbocycles. The van der Waals surface area contributed by atoms with Crippen molar-refractivity contribution in [3.8, 4) is 11.5 Å². The van der Waals surface area contributed by atoms with Crippen LogP contribution >= 0.6 is 0 Å². The highest BCUT2D eigenvalue weighted by Gasteiger charge is 2.20. The number of anilines is 1. The summed E-state index contributed by atoms with van der Waals surface area (Å²) in [7, 11) is 0. The largest absolute Gasteiger partial charge is 0.454 e. The molecule has 1 aromatic heterocycles. The number of aromatic nitrogens is 1. The average molecular weight is 353 g/mol. The van der Waals surface area contributed by atoms with Crippen LogP contribution in [0.5, 0.6) is 11.5 Å². The minimum Gasteiger partial charge on any atom is -0.454 e. The van der Waals surface area contributed by atoms with Gasteiger partial charge in [-0.05, 0) is 37.1 Å². The summed E-state index contributed by atoms with van der Waals surface area (Å²) in [6, 6.07) is 8.47. The van der Waals surface area contributed by atoms with Gasteiger partial charge in [0.15, 0.2) is 11.5 Å². The predicted molar refractivity (Wildman–Crippen MR) is 94.5 cm³/mol. The van der Waals surface area contributed by atoms with E-state index in [4.69, 9.17) is 9.47 Å². The van der Waals surface area contributed by atoms with Crippen molar-refractivity contribution in [3.05, 3.63) is 47.8 Å². The van der Waals surface area contributed by atoms with Crippen LogP contribution in [-0.4, -0.2) is 29.6 Å². The van der Waals surface area contributed by atoms with Gasteiger partial charge in [-0.3, -0.25) is 14.6 Å². The topological polar surface area (TPSA) is 89.6 Å². The number of nitrogens with one attached hydrogen (secondary N) is 2. The number of amides is 2. The van der Waals surface area contributed by atoms with Crippen molar-refractivity contribution >= 4 is 17.5 Å². The lowest BCUT2D eigenvalue weighted by atomic mass is 10.2. The van der Waals surface area contributed by atoms with Gasteiger partial charge >= 0.3 is 0 Å². The Morgan fingerprint density at radius 2 is 1.81 bits per heavy atom. The lowest BCUT2D eigenvalue weighted by Gasteiger charge is -2.12.